The van der Waals surface area contributed by atoms with Crippen molar-refractivity contribution in [2.75, 3.05) is 19.0 Å². The van der Waals surface area contributed by atoms with Crippen molar-refractivity contribution in [2.24, 2.45) is 0 Å². The van der Waals surface area contributed by atoms with Crippen molar-refractivity contribution >= 4 is 39.1 Å². The van der Waals surface area contributed by atoms with Crippen LogP contribution in [0.25, 0.3) is 10.2 Å². The maximum absolute atomic E-state index is 12.7. The maximum Gasteiger partial charge on any atom is 0.339 e. The lowest BCUT2D eigenvalue weighted by Crippen LogP contribution is -2.28. The van der Waals surface area contributed by atoms with Crippen molar-refractivity contribution in [1.29, 1.82) is 0 Å². The van der Waals surface area contributed by atoms with E-state index in [0.29, 0.717) is 16.3 Å². The zero-order valence-electron chi connectivity index (χ0n) is 14.7. The number of para-hydroxylation sites is 2. The molecule has 2 aromatic heterocycles. The van der Waals surface area contributed by atoms with Crippen LogP contribution < -0.4 is 15.6 Å². The highest BCUT2D eigenvalue weighted by Crippen LogP contribution is 2.23. The fourth-order valence-electron chi connectivity index (χ4n) is 2.53. The summed E-state index contributed by atoms with van der Waals surface area (Å²) in [6.07, 6.45) is 1.29. The second-order valence-corrected chi connectivity index (χ2v) is 6.33. The van der Waals surface area contributed by atoms with Crippen molar-refractivity contribution in [3.05, 3.63) is 51.9 Å². The van der Waals surface area contributed by atoms with Crippen molar-refractivity contribution < 1.29 is 19.1 Å². The van der Waals surface area contributed by atoms with Gasteiger partial charge in [0.05, 0.1) is 36.7 Å². The Hall–Kier alpha value is -3.20. The number of carbonyl (C=O) groups is 2. The first-order chi connectivity index (χ1) is 13.0. The Balaban J connectivity index is 1.88. The summed E-state index contributed by atoms with van der Waals surface area (Å²) < 4.78 is 11.3. The molecule has 3 rings (SSSR count). The normalized spacial score (nSPS) is 10.6. The molecule has 0 atom stereocenters. The second kappa shape index (κ2) is 8.00. The maximum atomic E-state index is 12.7. The number of nitrogens with zero attached hydrogens (tertiary/aromatic N) is 2. The molecule has 0 radical (unpaired) electrons. The SMILES string of the molecule is CCOC(=O)c1csc2ncn(CC(=O)Nc3ccccc3OC)c(=O)c12. The van der Waals surface area contributed by atoms with Gasteiger partial charge in [-0.15, -0.1) is 11.3 Å². The van der Waals surface area contributed by atoms with E-state index in [1.54, 1.807) is 31.2 Å². The zero-order valence-corrected chi connectivity index (χ0v) is 15.5. The molecule has 140 valence electrons. The monoisotopic (exact) mass is 387 g/mol. The first kappa shape index (κ1) is 18.6. The van der Waals surface area contributed by atoms with Crippen LogP contribution in [0.15, 0.2) is 40.8 Å². The topological polar surface area (TPSA) is 99.5 Å². The first-order valence-electron chi connectivity index (χ1n) is 8.11. The van der Waals surface area contributed by atoms with Crippen molar-refractivity contribution in [2.45, 2.75) is 13.5 Å². The predicted octanol–water partition coefficient (Wildman–Crippen LogP) is 2.28. The van der Waals surface area contributed by atoms with Crippen molar-refractivity contribution in [3.63, 3.8) is 0 Å². The summed E-state index contributed by atoms with van der Waals surface area (Å²) in [6, 6.07) is 6.95. The molecule has 9 heteroatoms. The lowest BCUT2D eigenvalue weighted by Gasteiger charge is -2.10. The lowest BCUT2D eigenvalue weighted by atomic mass is 10.2. The van der Waals surface area contributed by atoms with Crippen LogP contribution in [-0.4, -0.2) is 35.1 Å². The number of amides is 1. The third-order valence-corrected chi connectivity index (χ3v) is 4.64. The zero-order chi connectivity index (χ0) is 19.4. The van der Waals surface area contributed by atoms with Gasteiger partial charge in [-0.1, -0.05) is 12.1 Å². The number of thiophene rings is 1. The molecule has 2 heterocycles. The van der Waals surface area contributed by atoms with Gasteiger partial charge in [0.1, 0.15) is 17.1 Å². The van der Waals surface area contributed by atoms with E-state index in [0.717, 1.165) is 4.57 Å². The van der Waals surface area contributed by atoms with Gasteiger partial charge in [-0.25, -0.2) is 9.78 Å². The number of hydrogen-bond acceptors (Lipinski definition) is 7. The number of benzene rings is 1. The Morgan fingerprint density at radius 3 is 2.81 bits per heavy atom. The number of hydrogen-bond donors (Lipinski definition) is 1. The van der Waals surface area contributed by atoms with E-state index >= 15 is 0 Å². The van der Waals surface area contributed by atoms with Gasteiger partial charge in [0.25, 0.3) is 5.56 Å². The highest BCUT2D eigenvalue weighted by atomic mass is 32.1. The summed E-state index contributed by atoms with van der Waals surface area (Å²) in [5, 5.41) is 4.39. The highest BCUT2D eigenvalue weighted by Gasteiger charge is 2.19. The van der Waals surface area contributed by atoms with Gasteiger partial charge < -0.3 is 14.8 Å². The molecule has 8 nitrogen and oxygen atoms in total. The van der Waals surface area contributed by atoms with Gasteiger partial charge in [0.2, 0.25) is 5.91 Å². The molecular formula is C18H17N3O5S. The predicted molar refractivity (Wildman–Crippen MR) is 101 cm³/mol. The van der Waals surface area contributed by atoms with Gasteiger partial charge in [0.15, 0.2) is 0 Å². The summed E-state index contributed by atoms with van der Waals surface area (Å²) in [4.78, 5) is 41.7. The molecular weight excluding hydrogens is 370 g/mol. The number of methoxy groups -OCH3 is 1. The van der Waals surface area contributed by atoms with Gasteiger partial charge in [-0.3, -0.25) is 14.2 Å². The third kappa shape index (κ3) is 3.82. The molecule has 3 aromatic rings. The Morgan fingerprint density at radius 2 is 2.07 bits per heavy atom. The number of nitrogens with one attached hydrogen (secondary N) is 1. The van der Waals surface area contributed by atoms with Crippen LogP contribution in [0.4, 0.5) is 5.69 Å². The highest BCUT2D eigenvalue weighted by molar-refractivity contribution is 7.17. The first-order valence-corrected chi connectivity index (χ1v) is 8.99. The van der Waals surface area contributed by atoms with E-state index in [9.17, 15) is 14.4 Å². The third-order valence-electron chi connectivity index (χ3n) is 3.75. The number of rotatable bonds is 6. The number of fused-ring (bicyclic) bond motifs is 1. The standard InChI is InChI=1S/C18H17N3O5S/c1-3-26-18(24)11-9-27-16-15(11)17(23)21(10-19-16)8-14(22)20-12-6-4-5-7-13(12)25-2/h4-7,9-10H,3,8H2,1-2H3,(H,20,22). The Bertz CT molecular complexity index is 1060. The summed E-state index contributed by atoms with van der Waals surface area (Å²) >= 11 is 1.18. The molecule has 1 aromatic carbocycles. The quantitative estimate of drug-likeness (QED) is 0.652. The molecule has 1 N–H and O–H groups in total. The van der Waals surface area contributed by atoms with E-state index in [1.165, 1.54) is 30.2 Å². The Kier molecular flexibility index (Phi) is 5.51. The van der Waals surface area contributed by atoms with Crippen LogP contribution in [0, 0.1) is 0 Å². The molecule has 1 amide bonds. The number of anilines is 1. The van der Waals surface area contributed by atoms with E-state index in [4.69, 9.17) is 9.47 Å². The van der Waals surface area contributed by atoms with Crippen molar-refractivity contribution in [1.82, 2.24) is 9.55 Å². The number of aromatic nitrogens is 2. The second-order valence-electron chi connectivity index (χ2n) is 5.48. The smallest absolute Gasteiger partial charge is 0.339 e. The molecule has 27 heavy (non-hydrogen) atoms. The van der Waals surface area contributed by atoms with Crippen molar-refractivity contribution in [3.8, 4) is 5.75 Å². The van der Waals surface area contributed by atoms with E-state index in [2.05, 4.69) is 10.3 Å². The van der Waals surface area contributed by atoms with Crippen LogP contribution in [0.1, 0.15) is 17.3 Å². The molecule has 0 bridgehead atoms. The fourth-order valence-corrected chi connectivity index (χ4v) is 3.40. The summed E-state index contributed by atoms with van der Waals surface area (Å²) in [6.45, 7) is 1.63. The van der Waals surface area contributed by atoms with Crippen LogP contribution in [0.2, 0.25) is 0 Å². The molecule has 0 unspecified atom stereocenters. The minimum absolute atomic E-state index is 0.158. The molecule has 0 aliphatic carbocycles. The van der Waals surface area contributed by atoms with E-state index < -0.39 is 17.4 Å². The van der Waals surface area contributed by atoms with Crippen LogP contribution >= 0.6 is 11.3 Å². The van der Waals surface area contributed by atoms with Crippen LogP contribution in [0.3, 0.4) is 0 Å². The molecule has 0 aliphatic heterocycles. The molecule has 0 spiro atoms. The largest absolute Gasteiger partial charge is 0.495 e. The number of ether oxygens (including phenoxy) is 2. The van der Waals surface area contributed by atoms with E-state index in [-0.39, 0.29) is 24.1 Å². The van der Waals surface area contributed by atoms with Gasteiger partial charge >= 0.3 is 5.97 Å². The average Bonchev–Trinajstić information content (AvgIpc) is 3.09. The van der Waals surface area contributed by atoms with Crippen LogP contribution in [0.5, 0.6) is 5.75 Å². The minimum Gasteiger partial charge on any atom is -0.495 e. The molecule has 0 aliphatic rings. The molecule has 0 saturated carbocycles. The fraction of sp³-hybridized carbons (Fsp3) is 0.222. The Labute approximate surface area is 158 Å². The number of carbonyl (C=O) groups excluding carboxylic acids is 2. The summed E-state index contributed by atoms with van der Waals surface area (Å²) in [5.74, 6) is -0.497. The summed E-state index contributed by atoms with van der Waals surface area (Å²) in [5.41, 5.74) is 0.183. The van der Waals surface area contributed by atoms with Crippen LogP contribution in [-0.2, 0) is 16.1 Å². The molecule has 0 saturated heterocycles. The number of esters is 1. The van der Waals surface area contributed by atoms with E-state index in [1.807, 2.05) is 0 Å². The summed E-state index contributed by atoms with van der Waals surface area (Å²) in [7, 11) is 1.50. The van der Waals surface area contributed by atoms with Gasteiger partial charge in [-0.2, -0.15) is 0 Å². The Morgan fingerprint density at radius 1 is 1.30 bits per heavy atom. The lowest BCUT2D eigenvalue weighted by molar-refractivity contribution is -0.116. The van der Waals surface area contributed by atoms with Gasteiger partial charge in [0, 0.05) is 5.38 Å². The molecule has 0 fully saturated rings. The van der Waals surface area contributed by atoms with Gasteiger partial charge in [-0.05, 0) is 19.1 Å². The minimum atomic E-state index is -0.584. The average molecular weight is 387 g/mol.